The van der Waals surface area contributed by atoms with Gasteiger partial charge in [-0.1, -0.05) is 6.92 Å². The topological polar surface area (TPSA) is 85.4 Å². The SMILES string of the molecule is CCc1nn(C)c(N2CCC(NC(=O)OC)C2)c1N. The second-order valence-electron chi connectivity index (χ2n) is 4.73. The van der Waals surface area contributed by atoms with E-state index in [1.54, 1.807) is 0 Å². The highest BCUT2D eigenvalue weighted by molar-refractivity contribution is 5.69. The molecule has 0 aromatic carbocycles. The molecular formula is C12H21N5O2. The van der Waals surface area contributed by atoms with Gasteiger partial charge in [-0.25, -0.2) is 4.79 Å². The minimum Gasteiger partial charge on any atom is -0.453 e. The van der Waals surface area contributed by atoms with Crippen LogP contribution in [0.2, 0.25) is 0 Å². The molecule has 0 radical (unpaired) electrons. The number of nitrogens with two attached hydrogens (primary N) is 1. The van der Waals surface area contributed by atoms with Crippen molar-refractivity contribution in [3.63, 3.8) is 0 Å². The van der Waals surface area contributed by atoms with Crippen LogP contribution >= 0.6 is 0 Å². The number of carbonyl (C=O) groups excluding carboxylic acids is 1. The van der Waals surface area contributed by atoms with Crippen LogP contribution in [0.25, 0.3) is 0 Å². The molecule has 1 amide bonds. The number of nitrogens with one attached hydrogen (secondary N) is 1. The van der Waals surface area contributed by atoms with Gasteiger partial charge < -0.3 is 20.7 Å². The Bertz CT molecular complexity index is 471. The van der Waals surface area contributed by atoms with E-state index in [4.69, 9.17) is 5.73 Å². The third kappa shape index (κ3) is 2.59. The maximum absolute atomic E-state index is 11.2. The molecule has 7 nitrogen and oxygen atoms in total. The van der Waals surface area contributed by atoms with Crippen LogP contribution in [0.4, 0.5) is 16.3 Å². The van der Waals surface area contributed by atoms with E-state index in [2.05, 4.69) is 20.1 Å². The zero-order chi connectivity index (χ0) is 14.0. The minimum atomic E-state index is -0.390. The third-order valence-electron chi connectivity index (χ3n) is 3.46. The van der Waals surface area contributed by atoms with Crippen molar-refractivity contribution in [2.75, 3.05) is 30.8 Å². The first kappa shape index (κ1) is 13.5. The highest BCUT2D eigenvalue weighted by Gasteiger charge is 2.28. The van der Waals surface area contributed by atoms with Gasteiger partial charge >= 0.3 is 6.09 Å². The Labute approximate surface area is 112 Å². The van der Waals surface area contributed by atoms with E-state index in [0.29, 0.717) is 0 Å². The number of rotatable bonds is 3. The van der Waals surface area contributed by atoms with Crippen molar-refractivity contribution in [1.29, 1.82) is 0 Å². The van der Waals surface area contributed by atoms with Gasteiger partial charge in [0.15, 0.2) is 0 Å². The van der Waals surface area contributed by atoms with E-state index in [1.807, 2.05) is 18.7 Å². The average Bonchev–Trinajstić information content (AvgIpc) is 2.94. The molecule has 1 aliphatic heterocycles. The van der Waals surface area contributed by atoms with Gasteiger partial charge in [-0.05, 0) is 12.8 Å². The van der Waals surface area contributed by atoms with Crippen molar-refractivity contribution in [3.8, 4) is 0 Å². The van der Waals surface area contributed by atoms with Gasteiger partial charge in [0.2, 0.25) is 0 Å². The van der Waals surface area contributed by atoms with Crippen molar-refractivity contribution in [3.05, 3.63) is 5.69 Å². The van der Waals surface area contributed by atoms with E-state index in [9.17, 15) is 4.79 Å². The summed E-state index contributed by atoms with van der Waals surface area (Å²) < 4.78 is 6.43. The molecule has 1 aromatic rings. The number of ether oxygens (including phenoxy) is 1. The predicted octanol–water partition coefficient (Wildman–Crippen LogP) is 0.499. The number of carbonyl (C=O) groups is 1. The zero-order valence-corrected chi connectivity index (χ0v) is 11.6. The summed E-state index contributed by atoms with van der Waals surface area (Å²) in [6.07, 6.45) is 1.30. The van der Waals surface area contributed by atoms with Crippen LogP contribution < -0.4 is 16.0 Å². The molecule has 1 atom stereocenters. The van der Waals surface area contributed by atoms with Crippen LogP contribution in [0, 0.1) is 0 Å². The molecule has 1 unspecified atom stereocenters. The summed E-state index contributed by atoms with van der Waals surface area (Å²) in [6, 6.07) is 0.0897. The van der Waals surface area contributed by atoms with Gasteiger partial charge in [0.25, 0.3) is 0 Å². The number of amides is 1. The van der Waals surface area contributed by atoms with Crippen LogP contribution in [-0.2, 0) is 18.2 Å². The molecular weight excluding hydrogens is 246 g/mol. The number of aryl methyl sites for hydroxylation is 2. The van der Waals surface area contributed by atoms with Crippen molar-refractivity contribution < 1.29 is 9.53 Å². The van der Waals surface area contributed by atoms with Crippen LogP contribution in [0.5, 0.6) is 0 Å². The molecule has 2 rings (SSSR count). The smallest absolute Gasteiger partial charge is 0.407 e. The summed E-state index contributed by atoms with van der Waals surface area (Å²) in [4.78, 5) is 13.4. The van der Waals surface area contributed by atoms with Gasteiger partial charge in [-0.15, -0.1) is 0 Å². The number of hydrogen-bond donors (Lipinski definition) is 2. The number of aromatic nitrogens is 2. The van der Waals surface area contributed by atoms with E-state index >= 15 is 0 Å². The fourth-order valence-electron chi connectivity index (χ4n) is 2.52. The maximum Gasteiger partial charge on any atom is 0.407 e. The molecule has 2 heterocycles. The van der Waals surface area contributed by atoms with E-state index in [0.717, 1.165) is 43.1 Å². The summed E-state index contributed by atoms with van der Waals surface area (Å²) in [6.45, 7) is 3.61. The van der Waals surface area contributed by atoms with Crippen LogP contribution in [0.1, 0.15) is 19.0 Å². The summed E-state index contributed by atoms with van der Waals surface area (Å²) in [5.74, 6) is 0.936. The van der Waals surface area contributed by atoms with Gasteiger partial charge in [0, 0.05) is 20.1 Å². The third-order valence-corrected chi connectivity index (χ3v) is 3.46. The quantitative estimate of drug-likeness (QED) is 0.833. The Kier molecular flexibility index (Phi) is 3.82. The lowest BCUT2D eigenvalue weighted by Gasteiger charge is -2.19. The Hall–Kier alpha value is -1.92. The van der Waals surface area contributed by atoms with E-state index in [1.165, 1.54) is 7.11 Å². The molecule has 1 saturated heterocycles. The molecule has 0 spiro atoms. The van der Waals surface area contributed by atoms with E-state index in [-0.39, 0.29) is 12.1 Å². The Morgan fingerprint density at radius 1 is 1.63 bits per heavy atom. The number of hydrogen-bond acceptors (Lipinski definition) is 5. The molecule has 106 valence electrons. The monoisotopic (exact) mass is 267 g/mol. The number of methoxy groups -OCH3 is 1. The van der Waals surface area contributed by atoms with Crippen molar-refractivity contribution in [2.24, 2.45) is 7.05 Å². The number of anilines is 2. The molecule has 19 heavy (non-hydrogen) atoms. The first-order valence-corrected chi connectivity index (χ1v) is 6.47. The van der Waals surface area contributed by atoms with Crippen molar-refractivity contribution >= 4 is 17.6 Å². The predicted molar refractivity (Wildman–Crippen MR) is 73.2 cm³/mol. The highest BCUT2D eigenvalue weighted by atomic mass is 16.5. The number of alkyl carbamates (subject to hydrolysis) is 1. The Balaban J connectivity index is 2.08. The maximum atomic E-state index is 11.2. The van der Waals surface area contributed by atoms with Gasteiger partial charge in [0.1, 0.15) is 5.82 Å². The molecule has 1 aliphatic rings. The normalized spacial score (nSPS) is 18.7. The van der Waals surface area contributed by atoms with Crippen LogP contribution in [-0.4, -0.2) is 42.1 Å². The first-order valence-electron chi connectivity index (χ1n) is 6.47. The minimum absolute atomic E-state index is 0.0897. The zero-order valence-electron chi connectivity index (χ0n) is 11.6. The van der Waals surface area contributed by atoms with Crippen LogP contribution in [0.15, 0.2) is 0 Å². The average molecular weight is 267 g/mol. The summed E-state index contributed by atoms with van der Waals surface area (Å²) >= 11 is 0. The molecule has 0 saturated carbocycles. The molecule has 1 fully saturated rings. The lowest BCUT2D eigenvalue weighted by molar-refractivity contribution is 0.167. The van der Waals surface area contributed by atoms with Crippen LogP contribution in [0.3, 0.4) is 0 Å². The molecule has 7 heteroatoms. The van der Waals surface area contributed by atoms with Gasteiger partial charge in [-0.3, -0.25) is 4.68 Å². The molecule has 1 aromatic heterocycles. The summed E-state index contributed by atoms with van der Waals surface area (Å²) in [5.41, 5.74) is 7.79. The molecule has 0 aliphatic carbocycles. The van der Waals surface area contributed by atoms with Gasteiger partial charge in [-0.2, -0.15) is 5.10 Å². The second-order valence-corrected chi connectivity index (χ2v) is 4.73. The lowest BCUT2D eigenvalue weighted by Crippen LogP contribution is -2.37. The fourth-order valence-corrected chi connectivity index (χ4v) is 2.52. The lowest BCUT2D eigenvalue weighted by atomic mass is 10.3. The van der Waals surface area contributed by atoms with Crippen molar-refractivity contribution in [2.45, 2.75) is 25.8 Å². The summed E-state index contributed by atoms with van der Waals surface area (Å²) in [5, 5.41) is 7.23. The second kappa shape index (κ2) is 5.38. The largest absolute Gasteiger partial charge is 0.453 e. The first-order chi connectivity index (χ1) is 9.06. The fraction of sp³-hybridized carbons (Fsp3) is 0.667. The van der Waals surface area contributed by atoms with Gasteiger partial charge in [0.05, 0.1) is 24.5 Å². The highest BCUT2D eigenvalue weighted by Crippen LogP contribution is 2.29. The number of nitrogen functional groups attached to an aromatic ring is 1. The standard InChI is InChI=1S/C12H21N5O2/c1-4-9-10(13)11(16(2)15-9)17-6-5-8(7-17)14-12(18)19-3/h8H,4-7,13H2,1-3H3,(H,14,18). The summed E-state index contributed by atoms with van der Waals surface area (Å²) in [7, 11) is 3.26. The Morgan fingerprint density at radius 2 is 2.37 bits per heavy atom. The van der Waals surface area contributed by atoms with E-state index < -0.39 is 0 Å². The molecule has 0 bridgehead atoms. The van der Waals surface area contributed by atoms with Crippen molar-refractivity contribution in [1.82, 2.24) is 15.1 Å². The Morgan fingerprint density at radius 3 is 2.95 bits per heavy atom. The molecule has 3 N–H and O–H groups in total. The number of nitrogens with zero attached hydrogens (tertiary/aromatic N) is 3.